The van der Waals surface area contributed by atoms with Gasteiger partial charge in [0.05, 0.1) is 12.1 Å². The molecule has 0 saturated heterocycles. The predicted octanol–water partition coefficient (Wildman–Crippen LogP) is 3.65. The number of hydrogen-bond acceptors (Lipinski definition) is 6. The molecule has 0 aliphatic rings. The average Bonchev–Trinajstić information content (AvgIpc) is 2.67. The first-order valence-electron chi connectivity index (χ1n) is 8.60. The van der Waals surface area contributed by atoms with Crippen LogP contribution < -0.4 is 10.5 Å². The molecule has 0 radical (unpaired) electrons. The van der Waals surface area contributed by atoms with Crippen LogP contribution in [0.15, 0.2) is 45.6 Å². The van der Waals surface area contributed by atoms with Crippen molar-refractivity contribution in [2.75, 3.05) is 19.0 Å². The second-order valence-corrected chi connectivity index (χ2v) is 6.20. The largest absolute Gasteiger partial charge is 0.467 e. The van der Waals surface area contributed by atoms with E-state index in [9.17, 15) is 14.0 Å². The molecule has 6 nitrogen and oxygen atoms in total. The number of hydrogen-bond donors (Lipinski definition) is 0. The van der Waals surface area contributed by atoms with E-state index in [-0.39, 0.29) is 23.6 Å². The van der Waals surface area contributed by atoms with Crippen LogP contribution in [0.1, 0.15) is 8.29 Å². The number of likely N-dealkylation sites (N-methyl/N-ethyl adjacent to an activating group) is 1. The molecular formula is C19H16ClFN2O4. The number of anilines is 1. The summed E-state index contributed by atoms with van der Waals surface area (Å²) in [6, 6.07) is 7.59. The number of nitrogens with zero attached hydrogens (tertiary/aromatic N) is 2. The highest BCUT2D eigenvalue weighted by atomic mass is 35.5. The summed E-state index contributed by atoms with van der Waals surface area (Å²) in [4.78, 5) is 29.5. The quantitative estimate of drug-likeness (QED) is 0.632. The summed E-state index contributed by atoms with van der Waals surface area (Å²) in [7, 11) is 0.995. The van der Waals surface area contributed by atoms with Gasteiger partial charge >= 0.3 is 11.6 Å². The minimum Gasteiger partial charge on any atom is -0.467 e. The lowest BCUT2D eigenvalue weighted by molar-refractivity contribution is -0.141. The predicted molar refractivity (Wildman–Crippen MR) is 101 cm³/mol. The van der Waals surface area contributed by atoms with E-state index in [1.54, 1.807) is 19.1 Å². The first kappa shape index (κ1) is 17.5. The van der Waals surface area contributed by atoms with Gasteiger partial charge in [-0.2, -0.15) is 4.98 Å². The minimum absolute atomic E-state index is 0.0101. The number of esters is 1. The van der Waals surface area contributed by atoms with Gasteiger partial charge in [-0.3, -0.25) is 0 Å². The van der Waals surface area contributed by atoms with Gasteiger partial charge in [-0.1, -0.05) is 11.6 Å². The van der Waals surface area contributed by atoms with Gasteiger partial charge in [0.1, 0.15) is 17.7 Å². The first-order chi connectivity index (χ1) is 13.3. The fourth-order valence-corrected chi connectivity index (χ4v) is 2.89. The van der Waals surface area contributed by atoms with Crippen LogP contribution in [0.5, 0.6) is 0 Å². The molecule has 2 aromatic heterocycles. The van der Waals surface area contributed by atoms with Crippen molar-refractivity contribution in [1.29, 1.82) is 0 Å². The summed E-state index contributed by atoms with van der Waals surface area (Å²) in [6.45, 7) is 1.58. The first-order valence-corrected chi connectivity index (χ1v) is 8.27. The molecule has 0 fully saturated rings. The Kier molecular flexibility index (Phi) is 4.77. The Morgan fingerprint density at radius 2 is 2.11 bits per heavy atom. The maximum Gasteiger partial charge on any atom is 0.338 e. The Bertz CT molecular complexity index is 1100. The molecule has 27 heavy (non-hydrogen) atoms. The second-order valence-electron chi connectivity index (χ2n) is 5.79. The number of benzene rings is 1. The van der Waals surface area contributed by atoms with Crippen molar-refractivity contribution in [3.63, 3.8) is 0 Å². The summed E-state index contributed by atoms with van der Waals surface area (Å²) >= 11 is 6.14. The minimum atomic E-state index is -0.756. The topological polar surface area (TPSA) is 72.6 Å². The molecule has 0 unspecified atom stereocenters. The molecule has 0 spiro atoms. The van der Waals surface area contributed by atoms with Gasteiger partial charge in [0.15, 0.2) is 0 Å². The highest BCUT2D eigenvalue weighted by Gasteiger charge is 2.21. The van der Waals surface area contributed by atoms with Gasteiger partial charge in [-0.05, 0) is 37.3 Å². The smallest absolute Gasteiger partial charge is 0.338 e. The van der Waals surface area contributed by atoms with E-state index in [2.05, 4.69) is 4.98 Å². The van der Waals surface area contributed by atoms with E-state index in [0.717, 1.165) is 6.07 Å². The number of ether oxygens (including phenoxy) is 1. The van der Waals surface area contributed by atoms with E-state index in [4.69, 9.17) is 22.1 Å². The molecule has 2 heterocycles. The van der Waals surface area contributed by atoms with E-state index in [1.165, 1.54) is 30.2 Å². The number of pyridine rings is 1. The number of aromatic nitrogens is 1. The molecule has 0 amide bonds. The van der Waals surface area contributed by atoms with E-state index in [0.29, 0.717) is 16.5 Å². The summed E-state index contributed by atoms with van der Waals surface area (Å²) in [6.07, 6.45) is 0. The molecule has 3 rings (SSSR count). The highest BCUT2D eigenvalue weighted by Crippen LogP contribution is 2.33. The van der Waals surface area contributed by atoms with Crippen LogP contribution in [0, 0.1) is 5.82 Å². The zero-order valence-electron chi connectivity index (χ0n) is 15.5. The number of halogens is 2. The van der Waals surface area contributed by atoms with E-state index >= 15 is 0 Å². The molecule has 140 valence electrons. The lowest BCUT2D eigenvalue weighted by atomic mass is 10.0. The summed E-state index contributed by atoms with van der Waals surface area (Å²) in [5.41, 5.74) is 0.242. The summed E-state index contributed by atoms with van der Waals surface area (Å²) in [5, 5.41) is 0.621. The van der Waals surface area contributed by atoms with Crippen molar-refractivity contribution in [3.8, 4) is 11.1 Å². The standard InChI is InChI=1S/C19H16ClFN2O4/c1-10(19(25)26-3)23(2)16-7-6-13-14(9-17(24)27-18(13)22-16)12-5-4-11(21)8-15(12)20/h4-10H,1-3H3/t10-/m0/s1/i2D. The zero-order chi connectivity index (χ0) is 20.4. The molecule has 0 N–H and O–H groups in total. The fourth-order valence-electron chi connectivity index (χ4n) is 2.62. The third kappa shape index (κ3) is 3.64. The van der Waals surface area contributed by atoms with Gasteiger partial charge in [-0.15, -0.1) is 0 Å². The van der Waals surface area contributed by atoms with E-state index in [1.807, 2.05) is 0 Å². The molecular weight excluding hydrogens is 375 g/mol. The van der Waals surface area contributed by atoms with Gasteiger partial charge in [0.2, 0.25) is 5.71 Å². The van der Waals surface area contributed by atoms with Crippen LogP contribution in [0.4, 0.5) is 10.2 Å². The summed E-state index contributed by atoms with van der Waals surface area (Å²) in [5.74, 6) is -0.752. The van der Waals surface area contributed by atoms with Crippen LogP contribution in [-0.4, -0.2) is 31.1 Å². The van der Waals surface area contributed by atoms with Crippen molar-refractivity contribution in [2.24, 2.45) is 0 Å². The van der Waals surface area contributed by atoms with Gasteiger partial charge in [-0.25, -0.2) is 14.0 Å². The lowest BCUT2D eigenvalue weighted by Crippen LogP contribution is -2.37. The second kappa shape index (κ2) is 7.36. The van der Waals surface area contributed by atoms with Crippen molar-refractivity contribution >= 4 is 34.5 Å². The zero-order valence-corrected chi connectivity index (χ0v) is 15.3. The maximum absolute atomic E-state index is 13.4. The Hall–Kier alpha value is -2.93. The molecule has 0 aliphatic heterocycles. The highest BCUT2D eigenvalue weighted by molar-refractivity contribution is 6.33. The molecule has 8 heteroatoms. The normalized spacial score (nSPS) is 12.5. The van der Waals surface area contributed by atoms with Crippen LogP contribution in [-0.2, 0) is 9.53 Å². The number of rotatable bonds is 4. The van der Waals surface area contributed by atoms with Crippen LogP contribution in [0.2, 0.25) is 5.02 Å². The third-order valence-electron chi connectivity index (χ3n) is 4.12. The van der Waals surface area contributed by atoms with E-state index < -0.39 is 23.5 Å². The summed E-state index contributed by atoms with van der Waals surface area (Å²) < 4.78 is 31.0. The van der Waals surface area contributed by atoms with Crippen LogP contribution in [0.3, 0.4) is 0 Å². The number of carbonyl (C=O) groups is 1. The number of carbonyl (C=O) groups excluding carboxylic acids is 1. The molecule has 0 saturated carbocycles. The number of fused-ring (bicyclic) bond motifs is 1. The van der Waals surface area contributed by atoms with Crippen molar-refractivity contribution in [3.05, 3.63) is 57.7 Å². The third-order valence-corrected chi connectivity index (χ3v) is 4.43. The van der Waals surface area contributed by atoms with Gasteiger partial charge in [0.25, 0.3) is 0 Å². The molecule has 1 atom stereocenters. The Labute approximate surface area is 160 Å². The Balaban J connectivity index is 2.16. The fraction of sp³-hybridized carbons (Fsp3) is 0.211. The Morgan fingerprint density at radius 1 is 1.33 bits per heavy atom. The SMILES string of the molecule is [2H]CN(c1ccc2c(-c3ccc(F)cc3Cl)cc(=O)oc2n1)[C@@H](C)C(=O)OC. The number of methoxy groups -OCH3 is 1. The van der Waals surface area contributed by atoms with Crippen LogP contribution >= 0.6 is 11.6 Å². The average molecular weight is 392 g/mol. The molecule has 1 aromatic carbocycles. The van der Waals surface area contributed by atoms with Crippen LogP contribution in [0.25, 0.3) is 22.2 Å². The van der Waals surface area contributed by atoms with Crippen molar-refractivity contribution in [2.45, 2.75) is 13.0 Å². The van der Waals surface area contributed by atoms with Crippen molar-refractivity contribution < 1.29 is 19.7 Å². The molecule has 3 aromatic rings. The molecule has 0 bridgehead atoms. The maximum atomic E-state index is 13.4. The lowest BCUT2D eigenvalue weighted by Gasteiger charge is -2.23. The monoisotopic (exact) mass is 391 g/mol. The van der Waals surface area contributed by atoms with Gasteiger partial charge < -0.3 is 14.1 Å². The van der Waals surface area contributed by atoms with Gasteiger partial charge in [0, 0.05) is 31.0 Å². The Morgan fingerprint density at radius 3 is 2.78 bits per heavy atom. The van der Waals surface area contributed by atoms with Crippen molar-refractivity contribution in [1.82, 2.24) is 4.98 Å². The molecule has 0 aliphatic carbocycles.